The Morgan fingerprint density at radius 2 is 1.83 bits per heavy atom. The molecule has 94 valence electrons. The number of methoxy groups -OCH3 is 1. The molecule has 0 aliphatic heterocycles. The second-order valence-electron chi connectivity index (χ2n) is 3.55. The van der Waals surface area contributed by atoms with Gasteiger partial charge in [0.05, 0.1) is 7.11 Å². The van der Waals surface area contributed by atoms with Gasteiger partial charge in [0.25, 0.3) is 0 Å². The summed E-state index contributed by atoms with van der Waals surface area (Å²) in [5, 5.41) is 0.877. The maximum Gasteiger partial charge on any atom is 0.134 e. The van der Waals surface area contributed by atoms with Crippen LogP contribution < -0.4 is 4.74 Å². The van der Waals surface area contributed by atoms with Gasteiger partial charge in [-0.3, -0.25) is 0 Å². The fourth-order valence-electron chi connectivity index (χ4n) is 1.38. The number of aromatic nitrogens is 1. The van der Waals surface area contributed by atoms with Crippen molar-refractivity contribution < 1.29 is 4.74 Å². The molecule has 0 radical (unpaired) electrons. The Balaban J connectivity index is 2.02. The average Bonchev–Trinajstić information content (AvgIpc) is 2.38. The normalized spacial score (nSPS) is 10.4. The summed E-state index contributed by atoms with van der Waals surface area (Å²) < 4.78 is 5.11. The van der Waals surface area contributed by atoms with Crippen molar-refractivity contribution >= 4 is 35.0 Å². The summed E-state index contributed by atoms with van der Waals surface area (Å²) in [6, 6.07) is 11.5. The van der Waals surface area contributed by atoms with Gasteiger partial charge in [0.15, 0.2) is 0 Å². The summed E-state index contributed by atoms with van der Waals surface area (Å²) in [6.07, 6.45) is 0. The van der Waals surface area contributed by atoms with E-state index in [4.69, 9.17) is 27.9 Å². The molecule has 5 heteroatoms. The summed E-state index contributed by atoms with van der Waals surface area (Å²) in [7, 11) is 1.65. The lowest BCUT2D eigenvalue weighted by Gasteiger charge is -2.05. The molecule has 0 bridgehead atoms. The first-order valence-electron chi connectivity index (χ1n) is 5.27. The number of benzene rings is 1. The van der Waals surface area contributed by atoms with Crippen LogP contribution in [0.25, 0.3) is 0 Å². The molecule has 0 aliphatic rings. The molecule has 2 aromatic rings. The Kier molecular flexibility index (Phi) is 4.75. The van der Waals surface area contributed by atoms with Gasteiger partial charge in [-0.25, -0.2) is 4.98 Å². The van der Waals surface area contributed by atoms with Gasteiger partial charge in [-0.15, -0.1) is 11.8 Å². The number of halogens is 2. The molecule has 0 atom stereocenters. The number of thioether (sulfide) groups is 1. The van der Waals surface area contributed by atoms with Crippen molar-refractivity contribution in [3.8, 4) is 5.75 Å². The van der Waals surface area contributed by atoms with Gasteiger partial charge in [0, 0.05) is 10.6 Å². The molecular weight excluding hydrogens is 289 g/mol. The van der Waals surface area contributed by atoms with E-state index < -0.39 is 0 Å². The minimum absolute atomic E-state index is 0.415. The van der Waals surface area contributed by atoms with E-state index in [0.29, 0.717) is 10.3 Å². The molecule has 0 fully saturated rings. The third kappa shape index (κ3) is 3.55. The minimum atomic E-state index is 0.415. The van der Waals surface area contributed by atoms with E-state index in [2.05, 4.69) is 4.98 Å². The Labute approximate surface area is 120 Å². The molecule has 1 aromatic heterocycles. The van der Waals surface area contributed by atoms with Crippen LogP contribution in [0.15, 0.2) is 41.3 Å². The maximum atomic E-state index is 6.01. The first-order valence-corrected chi connectivity index (χ1v) is 7.01. The quantitative estimate of drug-likeness (QED) is 0.604. The molecular formula is C13H11Cl2NOS. The smallest absolute Gasteiger partial charge is 0.134 e. The van der Waals surface area contributed by atoms with Gasteiger partial charge in [0.2, 0.25) is 0 Å². The van der Waals surface area contributed by atoms with Gasteiger partial charge in [-0.1, -0.05) is 29.3 Å². The third-order valence-corrected chi connectivity index (χ3v) is 3.94. The van der Waals surface area contributed by atoms with E-state index in [9.17, 15) is 0 Å². The lowest BCUT2D eigenvalue weighted by molar-refractivity contribution is 0.414. The highest BCUT2D eigenvalue weighted by molar-refractivity contribution is 7.98. The largest absolute Gasteiger partial charge is 0.497 e. The van der Waals surface area contributed by atoms with E-state index in [-0.39, 0.29) is 0 Å². The number of ether oxygens (including phenoxy) is 1. The highest BCUT2D eigenvalue weighted by Gasteiger charge is 2.04. The number of hydrogen-bond acceptors (Lipinski definition) is 3. The van der Waals surface area contributed by atoms with Gasteiger partial charge in [0.1, 0.15) is 16.1 Å². The molecule has 0 saturated heterocycles. The fraction of sp³-hybridized carbons (Fsp3) is 0.154. The van der Waals surface area contributed by atoms with Gasteiger partial charge >= 0.3 is 0 Å². The summed E-state index contributed by atoms with van der Waals surface area (Å²) in [5.41, 5.74) is 0.974. The number of hydrogen-bond donors (Lipinski definition) is 0. The van der Waals surface area contributed by atoms with Gasteiger partial charge in [-0.2, -0.15) is 0 Å². The van der Waals surface area contributed by atoms with Crippen LogP contribution in [-0.4, -0.2) is 12.1 Å². The SMILES string of the molecule is COc1ccc(SCc2ccc(Cl)nc2Cl)cc1. The Morgan fingerprint density at radius 1 is 1.11 bits per heavy atom. The summed E-state index contributed by atoms with van der Waals surface area (Å²) >= 11 is 13.5. The van der Waals surface area contributed by atoms with Crippen LogP contribution in [0, 0.1) is 0 Å². The molecule has 0 saturated carbocycles. The highest BCUT2D eigenvalue weighted by atomic mass is 35.5. The first kappa shape index (κ1) is 13.5. The second-order valence-corrected chi connectivity index (χ2v) is 5.34. The van der Waals surface area contributed by atoms with Crippen molar-refractivity contribution in [3.63, 3.8) is 0 Å². The molecule has 0 spiro atoms. The van der Waals surface area contributed by atoms with Crippen LogP contribution in [0.3, 0.4) is 0 Å². The van der Waals surface area contributed by atoms with E-state index >= 15 is 0 Å². The molecule has 18 heavy (non-hydrogen) atoms. The molecule has 1 aromatic carbocycles. The first-order chi connectivity index (χ1) is 8.69. The van der Waals surface area contributed by atoms with Crippen LogP contribution in [0.1, 0.15) is 5.56 Å². The summed E-state index contributed by atoms with van der Waals surface area (Å²) in [5.74, 6) is 1.61. The monoisotopic (exact) mass is 299 g/mol. The van der Waals surface area contributed by atoms with E-state index in [0.717, 1.165) is 22.0 Å². The van der Waals surface area contributed by atoms with Crippen molar-refractivity contribution in [2.75, 3.05) is 7.11 Å². The topological polar surface area (TPSA) is 22.1 Å². The van der Waals surface area contributed by atoms with Gasteiger partial charge < -0.3 is 4.74 Å². The van der Waals surface area contributed by atoms with Crippen molar-refractivity contribution in [3.05, 3.63) is 52.3 Å². The van der Waals surface area contributed by atoms with Crippen LogP contribution in [-0.2, 0) is 5.75 Å². The van der Waals surface area contributed by atoms with Gasteiger partial charge in [-0.05, 0) is 35.9 Å². The number of nitrogens with zero attached hydrogens (tertiary/aromatic N) is 1. The van der Waals surface area contributed by atoms with Crippen LogP contribution >= 0.6 is 35.0 Å². The molecule has 0 aliphatic carbocycles. The zero-order chi connectivity index (χ0) is 13.0. The van der Waals surface area contributed by atoms with Crippen molar-refractivity contribution in [2.24, 2.45) is 0 Å². The standard InChI is InChI=1S/C13H11Cl2NOS/c1-17-10-3-5-11(6-4-10)18-8-9-2-7-12(14)16-13(9)15/h2-7H,8H2,1H3. The lowest BCUT2D eigenvalue weighted by Crippen LogP contribution is -1.87. The highest BCUT2D eigenvalue weighted by Crippen LogP contribution is 2.27. The zero-order valence-corrected chi connectivity index (χ0v) is 12.0. The molecule has 1 heterocycles. The molecule has 0 N–H and O–H groups in total. The minimum Gasteiger partial charge on any atom is -0.497 e. The predicted octanol–water partition coefficient (Wildman–Crippen LogP) is 4.69. The van der Waals surface area contributed by atoms with E-state index in [1.807, 2.05) is 30.3 Å². The lowest BCUT2D eigenvalue weighted by atomic mass is 10.3. The average molecular weight is 300 g/mol. The summed E-state index contributed by atoms with van der Waals surface area (Å²) in [6.45, 7) is 0. The number of rotatable bonds is 4. The second kappa shape index (κ2) is 6.32. The third-order valence-electron chi connectivity index (χ3n) is 2.35. The Bertz CT molecular complexity index is 531. The molecule has 2 nitrogen and oxygen atoms in total. The molecule has 0 amide bonds. The summed E-state index contributed by atoms with van der Waals surface area (Å²) in [4.78, 5) is 5.17. The number of pyridine rings is 1. The maximum absolute atomic E-state index is 6.01. The fourth-order valence-corrected chi connectivity index (χ4v) is 2.76. The van der Waals surface area contributed by atoms with Crippen LogP contribution in [0.5, 0.6) is 5.75 Å². The van der Waals surface area contributed by atoms with Crippen LogP contribution in [0.4, 0.5) is 0 Å². The van der Waals surface area contributed by atoms with Crippen molar-refractivity contribution in [2.45, 2.75) is 10.6 Å². The Hall–Kier alpha value is -0.900. The van der Waals surface area contributed by atoms with E-state index in [1.165, 1.54) is 0 Å². The molecule has 0 unspecified atom stereocenters. The van der Waals surface area contributed by atoms with Crippen molar-refractivity contribution in [1.82, 2.24) is 4.98 Å². The molecule has 2 rings (SSSR count). The van der Waals surface area contributed by atoms with Crippen molar-refractivity contribution in [1.29, 1.82) is 0 Å². The predicted molar refractivity (Wildman–Crippen MR) is 76.8 cm³/mol. The zero-order valence-electron chi connectivity index (χ0n) is 9.69. The van der Waals surface area contributed by atoms with E-state index in [1.54, 1.807) is 24.9 Å². The Morgan fingerprint density at radius 3 is 2.44 bits per heavy atom. The van der Waals surface area contributed by atoms with Crippen LogP contribution in [0.2, 0.25) is 10.3 Å².